The zero-order valence-corrected chi connectivity index (χ0v) is 7.10. The van der Waals surface area contributed by atoms with Gasteiger partial charge >= 0.3 is 11.9 Å². The molecule has 0 saturated carbocycles. The summed E-state index contributed by atoms with van der Waals surface area (Å²) in [6.45, 7) is 0.521. The summed E-state index contributed by atoms with van der Waals surface area (Å²) in [5, 5.41) is 0. The van der Waals surface area contributed by atoms with E-state index in [0.717, 1.165) is 0 Å². The van der Waals surface area contributed by atoms with E-state index in [2.05, 4.69) is 10.7 Å². The maximum absolute atomic E-state index is 10.6. The molecule has 4 nitrogen and oxygen atoms in total. The quantitative estimate of drug-likeness (QED) is 0.315. The van der Waals surface area contributed by atoms with Crippen molar-refractivity contribution >= 4 is 24.3 Å². The minimum Gasteiger partial charge on any atom is -0.391 e. The molecule has 1 aliphatic heterocycles. The van der Waals surface area contributed by atoms with Crippen LogP contribution in [-0.2, 0) is 14.3 Å². The first-order valence-corrected chi connectivity index (χ1v) is 3.11. The van der Waals surface area contributed by atoms with Gasteiger partial charge in [0.25, 0.3) is 0 Å². The number of cyclic esters (lactones) is 2. The minimum absolute atomic E-state index is 0. The summed E-state index contributed by atoms with van der Waals surface area (Å²) < 4.78 is 4.27. The lowest BCUT2D eigenvalue weighted by Gasteiger charge is -2.21. The van der Waals surface area contributed by atoms with E-state index in [9.17, 15) is 9.59 Å². The second-order valence-electron chi connectivity index (χ2n) is 2.20. The third-order valence-electron chi connectivity index (χ3n) is 1.25. The number of halogens is 1. The van der Waals surface area contributed by atoms with E-state index in [-0.39, 0.29) is 25.5 Å². The summed E-state index contributed by atoms with van der Waals surface area (Å²) in [7, 11) is 0. The van der Waals surface area contributed by atoms with Crippen molar-refractivity contribution in [2.24, 2.45) is 0 Å². The van der Waals surface area contributed by atoms with Crippen molar-refractivity contribution in [3.63, 3.8) is 0 Å². The SMILES string of the molecule is C#CCN1CC(=O)OC(=O)C1.Cl. The van der Waals surface area contributed by atoms with E-state index < -0.39 is 11.9 Å². The highest BCUT2D eigenvalue weighted by molar-refractivity contribution is 5.90. The van der Waals surface area contributed by atoms with Crippen LogP contribution in [0.25, 0.3) is 0 Å². The van der Waals surface area contributed by atoms with Crippen molar-refractivity contribution < 1.29 is 14.3 Å². The number of hydrogen-bond donors (Lipinski definition) is 0. The number of morpholine rings is 1. The van der Waals surface area contributed by atoms with Crippen molar-refractivity contribution in [2.75, 3.05) is 19.6 Å². The van der Waals surface area contributed by atoms with Crippen molar-refractivity contribution in [2.45, 2.75) is 0 Å². The van der Waals surface area contributed by atoms with Gasteiger partial charge in [-0.15, -0.1) is 18.8 Å². The van der Waals surface area contributed by atoms with Crippen LogP contribution in [0.15, 0.2) is 0 Å². The van der Waals surface area contributed by atoms with Crippen molar-refractivity contribution in [3.8, 4) is 12.3 Å². The first-order valence-electron chi connectivity index (χ1n) is 3.11. The largest absolute Gasteiger partial charge is 0.391 e. The monoisotopic (exact) mass is 189 g/mol. The van der Waals surface area contributed by atoms with Gasteiger partial charge < -0.3 is 4.74 Å². The molecular weight excluding hydrogens is 182 g/mol. The summed E-state index contributed by atoms with van der Waals surface area (Å²) in [6.07, 6.45) is 5.00. The molecule has 0 N–H and O–H groups in total. The molecule has 1 aliphatic rings. The van der Waals surface area contributed by atoms with Gasteiger partial charge in [0, 0.05) is 0 Å². The molecule has 0 aliphatic carbocycles. The molecule has 1 saturated heterocycles. The van der Waals surface area contributed by atoms with Gasteiger partial charge in [0.05, 0.1) is 19.6 Å². The predicted octanol–water partition coefficient (Wildman–Crippen LogP) is -0.573. The van der Waals surface area contributed by atoms with Crippen molar-refractivity contribution in [1.29, 1.82) is 0 Å². The molecule has 0 radical (unpaired) electrons. The van der Waals surface area contributed by atoms with Gasteiger partial charge in [-0.3, -0.25) is 14.5 Å². The highest BCUT2D eigenvalue weighted by Crippen LogP contribution is 1.97. The number of carbonyl (C=O) groups is 2. The molecule has 0 amide bonds. The smallest absolute Gasteiger partial charge is 0.327 e. The lowest BCUT2D eigenvalue weighted by molar-refractivity contribution is -0.166. The molecule has 0 aromatic carbocycles. The molecule has 5 heteroatoms. The van der Waals surface area contributed by atoms with Crippen LogP contribution in [-0.4, -0.2) is 36.5 Å². The first-order chi connectivity index (χ1) is 5.22. The average Bonchev–Trinajstić information content (AvgIpc) is 1.85. The molecule has 0 spiro atoms. The highest BCUT2D eigenvalue weighted by atomic mass is 35.5. The fourth-order valence-electron chi connectivity index (χ4n) is 0.853. The Labute approximate surface area is 76.3 Å². The summed E-state index contributed by atoms with van der Waals surface area (Å²) in [4.78, 5) is 22.8. The van der Waals surface area contributed by atoms with Gasteiger partial charge in [-0.25, -0.2) is 0 Å². The number of ether oxygens (including phenoxy) is 1. The maximum atomic E-state index is 10.6. The van der Waals surface area contributed by atoms with E-state index in [4.69, 9.17) is 6.42 Å². The van der Waals surface area contributed by atoms with E-state index in [1.807, 2.05) is 0 Å². The van der Waals surface area contributed by atoms with Gasteiger partial charge in [0.15, 0.2) is 0 Å². The summed E-state index contributed by atoms with van der Waals surface area (Å²) in [5.41, 5.74) is 0. The van der Waals surface area contributed by atoms with Crippen LogP contribution in [0.2, 0.25) is 0 Å². The van der Waals surface area contributed by atoms with Gasteiger partial charge in [0.2, 0.25) is 0 Å². The Balaban J connectivity index is 0.00000121. The zero-order chi connectivity index (χ0) is 8.27. The van der Waals surface area contributed by atoms with Crippen LogP contribution in [0.5, 0.6) is 0 Å². The van der Waals surface area contributed by atoms with E-state index in [1.54, 1.807) is 4.90 Å². The maximum Gasteiger partial charge on any atom is 0.327 e. The van der Waals surface area contributed by atoms with E-state index >= 15 is 0 Å². The minimum atomic E-state index is -0.531. The van der Waals surface area contributed by atoms with Crippen molar-refractivity contribution in [3.05, 3.63) is 0 Å². The molecule has 0 atom stereocenters. The molecular formula is C7H8ClNO3. The van der Waals surface area contributed by atoms with Gasteiger partial charge in [-0.1, -0.05) is 5.92 Å². The number of hydrogen-bond acceptors (Lipinski definition) is 4. The van der Waals surface area contributed by atoms with Gasteiger partial charge in [-0.2, -0.15) is 0 Å². The van der Waals surface area contributed by atoms with Crippen LogP contribution in [0.3, 0.4) is 0 Å². The predicted molar refractivity (Wildman–Crippen MR) is 43.6 cm³/mol. The van der Waals surface area contributed by atoms with E-state index in [1.165, 1.54) is 0 Å². The summed E-state index contributed by atoms with van der Waals surface area (Å²) in [5.74, 6) is 1.28. The number of rotatable bonds is 1. The van der Waals surface area contributed by atoms with E-state index in [0.29, 0.717) is 6.54 Å². The average molecular weight is 190 g/mol. The van der Waals surface area contributed by atoms with Crippen LogP contribution in [0.1, 0.15) is 0 Å². The van der Waals surface area contributed by atoms with Gasteiger partial charge in [0.1, 0.15) is 0 Å². The highest BCUT2D eigenvalue weighted by Gasteiger charge is 2.23. The molecule has 0 aromatic heterocycles. The Bertz CT molecular complexity index is 217. The number of nitrogens with zero attached hydrogens (tertiary/aromatic N) is 1. The fraction of sp³-hybridized carbons (Fsp3) is 0.429. The number of esters is 2. The molecule has 0 aromatic rings. The summed E-state index contributed by atoms with van der Waals surface area (Å²) >= 11 is 0. The second kappa shape index (κ2) is 4.75. The Morgan fingerprint density at radius 2 is 1.92 bits per heavy atom. The molecule has 66 valence electrons. The standard InChI is InChI=1S/C7H7NO3.ClH/c1-2-3-8-4-6(9)11-7(10)5-8;/h1H,3-5H2;1H. The lowest BCUT2D eigenvalue weighted by Crippen LogP contribution is -2.42. The molecule has 1 fully saturated rings. The normalized spacial score (nSPS) is 17.6. The molecule has 1 heterocycles. The fourth-order valence-corrected chi connectivity index (χ4v) is 0.853. The van der Waals surface area contributed by atoms with Gasteiger partial charge in [-0.05, 0) is 0 Å². The molecule has 0 bridgehead atoms. The van der Waals surface area contributed by atoms with Crippen LogP contribution >= 0.6 is 12.4 Å². The summed E-state index contributed by atoms with van der Waals surface area (Å²) in [6, 6.07) is 0. The van der Waals surface area contributed by atoms with Crippen LogP contribution in [0, 0.1) is 12.3 Å². The third kappa shape index (κ3) is 2.91. The molecule has 0 unspecified atom stereocenters. The lowest BCUT2D eigenvalue weighted by atomic mass is 10.4. The topological polar surface area (TPSA) is 46.6 Å². The number of carbonyl (C=O) groups excluding carboxylic acids is 2. The molecule has 1 rings (SSSR count). The van der Waals surface area contributed by atoms with Crippen LogP contribution < -0.4 is 0 Å². The second-order valence-corrected chi connectivity index (χ2v) is 2.20. The Morgan fingerprint density at radius 1 is 1.42 bits per heavy atom. The van der Waals surface area contributed by atoms with Crippen molar-refractivity contribution in [1.82, 2.24) is 4.90 Å². The number of terminal acetylenes is 1. The zero-order valence-electron chi connectivity index (χ0n) is 6.28. The third-order valence-corrected chi connectivity index (χ3v) is 1.25. The Hall–Kier alpha value is -1.05. The Kier molecular flexibility index (Phi) is 4.34. The molecule has 12 heavy (non-hydrogen) atoms. The van der Waals surface area contributed by atoms with Crippen LogP contribution in [0.4, 0.5) is 0 Å². The first kappa shape index (κ1) is 11.0. The Morgan fingerprint density at radius 3 is 2.33 bits per heavy atom.